The van der Waals surface area contributed by atoms with E-state index >= 15 is 0 Å². The Morgan fingerprint density at radius 3 is 2.49 bits per heavy atom. The molecular formula is C30H29ClO4. The Kier molecular flexibility index (Phi) is 6.66. The summed E-state index contributed by atoms with van der Waals surface area (Å²) in [5, 5.41) is 0.187. The molecule has 35 heavy (non-hydrogen) atoms. The summed E-state index contributed by atoms with van der Waals surface area (Å²) in [4.78, 5) is 25.5. The van der Waals surface area contributed by atoms with E-state index in [1.165, 1.54) is 27.9 Å². The molecule has 0 N–H and O–H groups in total. The van der Waals surface area contributed by atoms with Crippen molar-refractivity contribution in [2.24, 2.45) is 5.92 Å². The highest BCUT2D eigenvalue weighted by Gasteiger charge is 2.35. The standard InChI is InChI=1S/C30H29ClO4/c1-3-34-29(32)26-17-28(31)27(30(33)35-4-2)16-24(26)18-13-14-23-21-11-6-5-9-19(21)20-10-7-8-12-22(20)25(23)15-18/h5-6,10-12,15-17,19H,3-4,7-9,13-14H2,1-2H3. The number of allylic oxidation sites excluding steroid dienone is 12. The van der Waals surface area contributed by atoms with E-state index in [0.717, 1.165) is 37.7 Å². The van der Waals surface area contributed by atoms with Gasteiger partial charge in [-0.05, 0) is 97.1 Å². The minimum atomic E-state index is -0.495. The molecule has 4 nitrogen and oxygen atoms in total. The second-order valence-corrected chi connectivity index (χ2v) is 9.48. The molecule has 0 bridgehead atoms. The summed E-state index contributed by atoms with van der Waals surface area (Å²) in [6.07, 6.45) is 18.4. The van der Waals surface area contributed by atoms with Gasteiger partial charge in [-0.15, -0.1) is 0 Å². The van der Waals surface area contributed by atoms with Crippen LogP contribution in [-0.4, -0.2) is 25.2 Å². The van der Waals surface area contributed by atoms with Gasteiger partial charge in [-0.3, -0.25) is 0 Å². The fourth-order valence-electron chi connectivity index (χ4n) is 5.59. The van der Waals surface area contributed by atoms with Crippen LogP contribution in [0.4, 0.5) is 0 Å². The van der Waals surface area contributed by atoms with Gasteiger partial charge >= 0.3 is 11.9 Å². The first-order valence-corrected chi connectivity index (χ1v) is 12.8. The summed E-state index contributed by atoms with van der Waals surface area (Å²) in [7, 11) is 0. The van der Waals surface area contributed by atoms with E-state index in [4.69, 9.17) is 21.1 Å². The lowest BCUT2D eigenvalue weighted by molar-refractivity contribution is 0.0511. The summed E-state index contributed by atoms with van der Waals surface area (Å²) in [5.41, 5.74) is 9.10. The summed E-state index contributed by atoms with van der Waals surface area (Å²) in [5.74, 6) is -0.506. The molecule has 1 aromatic carbocycles. The maximum Gasteiger partial charge on any atom is 0.339 e. The number of esters is 2. The van der Waals surface area contributed by atoms with Crippen LogP contribution in [0.15, 0.2) is 76.5 Å². The predicted molar refractivity (Wildman–Crippen MR) is 138 cm³/mol. The molecule has 4 aliphatic rings. The Hall–Kier alpha value is -3.11. The van der Waals surface area contributed by atoms with Crippen molar-refractivity contribution in [3.05, 3.63) is 98.2 Å². The van der Waals surface area contributed by atoms with Crippen molar-refractivity contribution in [3.63, 3.8) is 0 Å². The van der Waals surface area contributed by atoms with Crippen LogP contribution >= 0.6 is 11.6 Å². The van der Waals surface area contributed by atoms with Gasteiger partial charge in [-0.1, -0.05) is 48.1 Å². The molecule has 0 heterocycles. The van der Waals surface area contributed by atoms with Crippen LogP contribution in [0, 0.1) is 5.92 Å². The number of hydrogen-bond donors (Lipinski definition) is 0. The van der Waals surface area contributed by atoms with Crippen molar-refractivity contribution in [1.29, 1.82) is 0 Å². The Morgan fingerprint density at radius 1 is 0.971 bits per heavy atom. The third-order valence-corrected chi connectivity index (χ3v) is 7.41. The van der Waals surface area contributed by atoms with Crippen molar-refractivity contribution in [3.8, 4) is 0 Å². The molecule has 0 saturated heterocycles. The molecule has 5 heteroatoms. The largest absolute Gasteiger partial charge is 0.462 e. The van der Waals surface area contributed by atoms with Crippen molar-refractivity contribution in [1.82, 2.24) is 0 Å². The van der Waals surface area contributed by atoms with E-state index in [1.54, 1.807) is 26.0 Å². The molecule has 1 unspecified atom stereocenters. The molecule has 1 aromatic rings. The second kappa shape index (κ2) is 9.87. The van der Waals surface area contributed by atoms with Crippen LogP contribution in [0.2, 0.25) is 5.02 Å². The Morgan fingerprint density at radius 2 is 1.71 bits per heavy atom. The molecule has 5 rings (SSSR count). The highest BCUT2D eigenvalue weighted by Crippen LogP contribution is 2.51. The van der Waals surface area contributed by atoms with Crippen LogP contribution in [0.5, 0.6) is 0 Å². The molecule has 4 aliphatic carbocycles. The highest BCUT2D eigenvalue weighted by atomic mass is 35.5. The van der Waals surface area contributed by atoms with E-state index < -0.39 is 11.9 Å². The first-order chi connectivity index (χ1) is 17.0. The quantitative estimate of drug-likeness (QED) is 0.407. The number of hydrogen-bond acceptors (Lipinski definition) is 4. The molecule has 1 atom stereocenters. The van der Waals surface area contributed by atoms with Gasteiger partial charge in [0.15, 0.2) is 0 Å². The lowest BCUT2D eigenvalue weighted by Crippen LogP contribution is -2.23. The zero-order valence-electron chi connectivity index (χ0n) is 20.2. The van der Waals surface area contributed by atoms with Gasteiger partial charge in [0.25, 0.3) is 0 Å². The number of carbonyl (C=O) groups excluding carboxylic acids is 2. The summed E-state index contributed by atoms with van der Waals surface area (Å²) in [6, 6.07) is 3.24. The monoisotopic (exact) mass is 488 g/mol. The smallest absolute Gasteiger partial charge is 0.339 e. The van der Waals surface area contributed by atoms with Gasteiger partial charge in [-0.25, -0.2) is 9.59 Å². The highest BCUT2D eigenvalue weighted by molar-refractivity contribution is 6.34. The lowest BCUT2D eigenvalue weighted by Gasteiger charge is -2.38. The van der Waals surface area contributed by atoms with Crippen LogP contribution in [0.1, 0.15) is 72.2 Å². The average molecular weight is 489 g/mol. The molecule has 0 aromatic heterocycles. The zero-order valence-corrected chi connectivity index (χ0v) is 20.9. The molecule has 0 amide bonds. The minimum absolute atomic E-state index is 0.187. The van der Waals surface area contributed by atoms with Crippen molar-refractivity contribution < 1.29 is 19.1 Å². The fourth-order valence-corrected chi connectivity index (χ4v) is 5.83. The van der Waals surface area contributed by atoms with E-state index in [1.807, 2.05) is 0 Å². The van der Waals surface area contributed by atoms with Gasteiger partial charge in [0.1, 0.15) is 0 Å². The van der Waals surface area contributed by atoms with Crippen LogP contribution in [0.3, 0.4) is 0 Å². The first kappa shape index (κ1) is 23.6. The van der Waals surface area contributed by atoms with Gasteiger partial charge in [0.2, 0.25) is 0 Å². The Balaban J connectivity index is 1.67. The second-order valence-electron chi connectivity index (χ2n) is 9.07. The van der Waals surface area contributed by atoms with Crippen molar-refractivity contribution in [2.75, 3.05) is 13.2 Å². The molecule has 0 fully saturated rings. The number of ether oxygens (including phenoxy) is 2. The number of benzene rings is 1. The van der Waals surface area contributed by atoms with Gasteiger partial charge in [0, 0.05) is 5.92 Å². The summed E-state index contributed by atoms with van der Waals surface area (Å²) in [6.45, 7) is 4.04. The van der Waals surface area contributed by atoms with E-state index in [-0.39, 0.29) is 23.8 Å². The van der Waals surface area contributed by atoms with Gasteiger partial charge < -0.3 is 9.47 Å². The normalized spacial score (nSPS) is 20.5. The molecule has 0 radical (unpaired) electrons. The molecular weight excluding hydrogens is 460 g/mol. The maximum absolute atomic E-state index is 12.9. The summed E-state index contributed by atoms with van der Waals surface area (Å²) < 4.78 is 10.6. The van der Waals surface area contributed by atoms with E-state index in [9.17, 15) is 9.59 Å². The summed E-state index contributed by atoms with van der Waals surface area (Å²) >= 11 is 6.43. The SMILES string of the molecule is CCOC(=O)c1cc(C2=CC3=C(CC2)C2=CC=CCC2C2=CCCC=C23)c(C(=O)OCC)cc1Cl. The van der Waals surface area contributed by atoms with E-state index in [0.29, 0.717) is 17.0 Å². The van der Waals surface area contributed by atoms with Crippen LogP contribution in [0.25, 0.3) is 5.57 Å². The lowest BCUT2D eigenvalue weighted by atomic mass is 9.66. The molecule has 0 spiro atoms. The predicted octanol–water partition coefficient (Wildman–Crippen LogP) is 7.33. The van der Waals surface area contributed by atoms with Crippen LogP contribution < -0.4 is 0 Å². The van der Waals surface area contributed by atoms with Crippen LogP contribution in [-0.2, 0) is 9.47 Å². The Labute approximate surface area is 211 Å². The first-order valence-electron chi connectivity index (χ1n) is 12.4. The number of halogens is 1. The average Bonchev–Trinajstić information content (AvgIpc) is 2.88. The molecule has 0 aliphatic heterocycles. The Bertz CT molecular complexity index is 1290. The van der Waals surface area contributed by atoms with Gasteiger partial charge in [-0.2, -0.15) is 0 Å². The van der Waals surface area contributed by atoms with Crippen molar-refractivity contribution >= 4 is 29.1 Å². The third-order valence-electron chi connectivity index (χ3n) is 7.10. The number of rotatable bonds is 5. The van der Waals surface area contributed by atoms with Gasteiger partial charge in [0.05, 0.1) is 29.4 Å². The maximum atomic E-state index is 12.9. The zero-order chi connectivity index (χ0) is 24.5. The number of carbonyl (C=O) groups is 2. The molecule has 180 valence electrons. The van der Waals surface area contributed by atoms with Crippen molar-refractivity contribution in [2.45, 2.75) is 46.0 Å². The topological polar surface area (TPSA) is 52.6 Å². The molecule has 0 saturated carbocycles. The minimum Gasteiger partial charge on any atom is -0.462 e. The third kappa shape index (κ3) is 4.25. The fraction of sp³-hybridized carbons (Fsp3) is 0.333. The van der Waals surface area contributed by atoms with E-state index in [2.05, 4.69) is 36.5 Å². The number of fused-ring (bicyclic) bond motifs is 5.